The number of carbonyl (C=O) groups excluding carboxylic acids is 1. The van der Waals surface area contributed by atoms with E-state index in [0.29, 0.717) is 23.0 Å². The average Bonchev–Trinajstić information content (AvgIpc) is 2.65. The van der Waals surface area contributed by atoms with Crippen molar-refractivity contribution in [2.24, 2.45) is 0 Å². The van der Waals surface area contributed by atoms with Crippen molar-refractivity contribution in [2.45, 2.75) is 12.5 Å². The third-order valence-electron chi connectivity index (χ3n) is 4.30. The molecule has 1 unspecified atom stereocenters. The predicted octanol–water partition coefficient (Wildman–Crippen LogP) is 3.67. The van der Waals surface area contributed by atoms with Crippen LogP contribution in [0.3, 0.4) is 0 Å². The first-order chi connectivity index (χ1) is 12.5. The van der Waals surface area contributed by atoms with Gasteiger partial charge in [0.05, 0.1) is 34.9 Å². The lowest BCUT2D eigenvalue weighted by atomic mass is 9.92. The third kappa shape index (κ3) is 3.19. The standard InChI is InChI=1S/C19H19BrO6/c1-22-14-5-10-6-18(21)26-19(11(10)7-15(14)23-2)12-8-16(24-3)17(25-4)9-13(12)20/h5,7-9,19H,6H2,1-4H3. The fourth-order valence-corrected chi connectivity index (χ4v) is 3.56. The quantitative estimate of drug-likeness (QED) is 0.684. The van der Waals surface area contributed by atoms with Gasteiger partial charge in [-0.2, -0.15) is 0 Å². The lowest BCUT2D eigenvalue weighted by Gasteiger charge is -2.28. The summed E-state index contributed by atoms with van der Waals surface area (Å²) in [4.78, 5) is 12.2. The maximum atomic E-state index is 12.2. The van der Waals surface area contributed by atoms with Gasteiger partial charge in [-0.25, -0.2) is 0 Å². The summed E-state index contributed by atoms with van der Waals surface area (Å²) in [5.41, 5.74) is 2.44. The van der Waals surface area contributed by atoms with Gasteiger partial charge in [0.2, 0.25) is 0 Å². The van der Waals surface area contributed by atoms with E-state index in [1.54, 1.807) is 40.6 Å². The van der Waals surface area contributed by atoms with E-state index in [2.05, 4.69) is 15.9 Å². The molecule has 1 aliphatic rings. The number of hydrogen-bond acceptors (Lipinski definition) is 6. The fraction of sp³-hybridized carbons (Fsp3) is 0.316. The molecule has 2 aromatic rings. The van der Waals surface area contributed by atoms with E-state index >= 15 is 0 Å². The van der Waals surface area contributed by atoms with Gasteiger partial charge >= 0.3 is 5.97 Å². The van der Waals surface area contributed by atoms with Crippen LogP contribution in [0.4, 0.5) is 0 Å². The zero-order chi connectivity index (χ0) is 18.8. The van der Waals surface area contributed by atoms with Crippen LogP contribution < -0.4 is 18.9 Å². The summed E-state index contributed by atoms with van der Waals surface area (Å²) >= 11 is 3.54. The molecule has 0 radical (unpaired) electrons. The maximum absolute atomic E-state index is 12.2. The van der Waals surface area contributed by atoms with Crippen LogP contribution in [0.15, 0.2) is 28.7 Å². The van der Waals surface area contributed by atoms with E-state index in [1.807, 2.05) is 12.1 Å². The van der Waals surface area contributed by atoms with Crippen molar-refractivity contribution in [3.63, 3.8) is 0 Å². The van der Waals surface area contributed by atoms with Crippen LogP contribution in [0.2, 0.25) is 0 Å². The molecule has 0 amide bonds. The van der Waals surface area contributed by atoms with Gasteiger partial charge in [-0.05, 0) is 29.8 Å². The number of rotatable bonds is 5. The van der Waals surface area contributed by atoms with Crippen molar-refractivity contribution in [2.75, 3.05) is 28.4 Å². The summed E-state index contributed by atoms with van der Waals surface area (Å²) in [5.74, 6) is 1.97. The van der Waals surface area contributed by atoms with Crippen molar-refractivity contribution in [3.05, 3.63) is 45.4 Å². The summed E-state index contributed by atoms with van der Waals surface area (Å²) in [7, 11) is 6.26. The maximum Gasteiger partial charge on any atom is 0.311 e. The molecule has 1 atom stereocenters. The second kappa shape index (κ2) is 7.45. The Kier molecular flexibility index (Phi) is 5.27. The number of benzene rings is 2. The Labute approximate surface area is 160 Å². The second-order valence-corrected chi connectivity index (χ2v) is 6.54. The first kappa shape index (κ1) is 18.4. The molecule has 1 heterocycles. The van der Waals surface area contributed by atoms with Crippen molar-refractivity contribution in [3.8, 4) is 23.0 Å². The Morgan fingerprint density at radius 3 is 1.92 bits per heavy atom. The zero-order valence-electron chi connectivity index (χ0n) is 14.9. The molecule has 0 fully saturated rings. The molecule has 0 saturated carbocycles. The molecule has 1 aliphatic heterocycles. The van der Waals surface area contributed by atoms with Crippen LogP contribution in [0.25, 0.3) is 0 Å². The number of esters is 1. The predicted molar refractivity (Wildman–Crippen MR) is 98.4 cm³/mol. The normalized spacial score (nSPS) is 15.7. The SMILES string of the molecule is COc1cc(Br)c(C2OC(=O)Cc3cc(OC)c(OC)cc32)cc1OC. The van der Waals surface area contributed by atoms with Crippen molar-refractivity contribution in [1.82, 2.24) is 0 Å². The monoisotopic (exact) mass is 422 g/mol. The molecule has 0 bridgehead atoms. The van der Waals surface area contributed by atoms with E-state index in [-0.39, 0.29) is 12.4 Å². The highest BCUT2D eigenvalue weighted by Gasteiger charge is 2.32. The highest BCUT2D eigenvalue weighted by Crippen LogP contribution is 2.44. The third-order valence-corrected chi connectivity index (χ3v) is 4.98. The Morgan fingerprint density at radius 2 is 1.35 bits per heavy atom. The topological polar surface area (TPSA) is 63.2 Å². The largest absolute Gasteiger partial charge is 0.493 e. The molecule has 0 aliphatic carbocycles. The van der Waals surface area contributed by atoms with Crippen LogP contribution in [-0.2, 0) is 16.0 Å². The fourth-order valence-electron chi connectivity index (χ4n) is 3.03. The van der Waals surface area contributed by atoms with Gasteiger partial charge in [0.15, 0.2) is 29.1 Å². The second-order valence-electron chi connectivity index (χ2n) is 5.68. The van der Waals surface area contributed by atoms with Crippen LogP contribution in [0.5, 0.6) is 23.0 Å². The molecule has 0 saturated heterocycles. The van der Waals surface area contributed by atoms with Crippen molar-refractivity contribution >= 4 is 21.9 Å². The highest BCUT2D eigenvalue weighted by molar-refractivity contribution is 9.10. The van der Waals surface area contributed by atoms with E-state index in [0.717, 1.165) is 21.2 Å². The van der Waals surface area contributed by atoms with Gasteiger partial charge in [-0.3, -0.25) is 4.79 Å². The first-order valence-electron chi connectivity index (χ1n) is 7.88. The lowest BCUT2D eigenvalue weighted by molar-refractivity contribution is -0.148. The number of hydrogen-bond donors (Lipinski definition) is 0. The summed E-state index contributed by atoms with van der Waals surface area (Å²) in [6.07, 6.45) is -0.419. The molecule has 6 nitrogen and oxygen atoms in total. The van der Waals surface area contributed by atoms with Crippen LogP contribution in [0.1, 0.15) is 22.8 Å². The number of carbonyl (C=O) groups is 1. The number of cyclic esters (lactones) is 1. The Morgan fingerprint density at radius 1 is 0.846 bits per heavy atom. The highest BCUT2D eigenvalue weighted by atomic mass is 79.9. The van der Waals surface area contributed by atoms with Gasteiger partial charge in [-0.15, -0.1) is 0 Å². The Balaban J connectivity index is 2.17. The van der Waals surface area contributed by atoms with E-state index in [4.69, 9.17) is 23.7 Å². The van der Waals surface area contributed by atoms with Gasteiger partial charge in [0.25, 0.3) is 0 Å². The zero-order valence-corrected chi connectivity index (χ0v) is 16.5. The van der Waals surface area contributed by atoms with Crippen LogP contribution >= 0.6 is 15.9 Å². The van der Waals surface area contributed by atoms with E-state index < -0.39 is 6.10 Å². The molecule has 138 valence electrons. The first-order valence-corrected chi connectivity index (χ1v) is 8.67. The Bertz CT molecular complexity index is 848. The molecule has 7 heteroatoms. The minimum atomic E-state index is -0.597. The molecule has 0 aromatic heterocycles. The minimum absolute atomic E-state index is 0.178. The summed E-state index contributed by atoms with van der Waals surface area (Å²) < 4.78 is 27.9. The number of halogens is 1. The van der Waals surface area contributed by atoms with Gasteiger partial charge in [0, 0.05) is 15.6 Å². The van der Waals surface area contributed by atoms with Gasteiger partial charge in [0.1, 0.15) is 0 Å². The van der Waals surface area contributed by atoms with E-state index in [9.17, 15) is 4.79 Å². The van der Waals surface area contributed by atoms with Crippen LogP contribution in [0, 0.1) is 0 Å². The molecular formula is C19H19BrO6. The van der Waals surface area contributed by atoms with E-state index in [1.165, 1.54) is 0 Å². The number of ether oxygens (including phenoxy) is 5. The minimum Gasteiger partial charge on any atom is -0.493 e. The Hall–Kier alpha value is -2.41. The number of fused-ring (bicyclic) bond motifs is 1. The van der Waals surface area contributed by atoms with Gasteiger partial charge in [-0.1, -0.05) is 15.9 Å². The molecule has 0 spiro atoms. The van der Waals surface area contributed by atoms with Crippen molar-refractivity contribution < 1.29 is 28.5 Å². The molecule has 2 aromatic carbocycles. The molecule has 26 heavy (non-hydrogen) atoms. The molecule has 3 rings (SSSR count). The lowest BCUT2D eigenvalue weighted by Crippen LogP contribution is -2.23. The molecule has 0 N–H and O–H groups in total. The van der Waals surface area contributed by atoms with Crippen molar-refractivity contribution in [1.29, 1.82) is 0 Å². The van der Waals surface area contributed by atoms with Crippen LogP contribution in [-0.4, -0.2) is 34.4 Å². The molecular weight excluding hydrogens is 404 g/mol. The summed E-state index contributed by atoms with van der Waals surface area (Å²) in [6.45, 7) is 0. The summed E-state index contributed by atoms with van der Waals surface area (Å²) in [6, 6.07) is 7.24. The average molecular weight is 423 g/mol. The number of methoxy groups -OCH3 is 4. The van der Waals surface area contributed by atoms with Gasteiger partial charge < -0.3 is 23.7 Å². The smallest absolute Gasteiger partial charge is 0.311 e. The summed E-state index contributed by atoms with van der Waals surface area (Å²) in [5, 5.41) is 0.